The third-order valence-corrected chi connectivity index (χ3v) is 5.25. The van der Waals surface area contributed by atoms with E-state index in [0.717, 1.165) is 0 Å². The van der Waals surface area contributed by atoms with Crippen molar-refractivity contribution in [3.8, 4) is 5.75 Å². The van der Waals surface area contributed by atoms with E-state index in [2.05, 4.69) is 5.32 Å². The zero-order chi connectivity index (χ0) is 12.5. The van der Waals surface area contributed by atoms with E-state index in [-0.39, 0.29) is 5.75 Å². The Bertz CT molecular complexity index is 515. The maximum absolute atomic E-state index is 11.9. The molecule has 6 heteroatoms. The molecule has 0 amide bonds. The van der Waals surface area contributed by atoms with Gasteiger partial charge in [0.2, 0.25) is 0 Å². The van der Waals surface area contributed by atoms with Gasteiger partial charge in [-0.2, -0.15) is 0 Å². The van der Waals surface area contributed by atoms with Crippen LogP contribution in [0.4, 0.5) is 0 Å². The summed E-state index contributed by atoms with van der Waals surface area (Å²) in [5.41, 5.74) is 0.711. The van der Waals surface area contributed by atoms with Gasteiger partial charge in [0, 0.05) is 13.1 Å². The van der Waals surface area contributed by atoms with Crippen molar-refractivity contribution in [2.45, 2.75) is 5.25 Å². The number of nitrogens with one attached hydrogen (secondary N) is 1. The van der Waals surface area contributed by atoms with Gasteiger partial charge >= 0.3 is 0 Å². The highest BCUT2D eigenvalue weighted by Crippen LogP contribution is 2.31. The molecule has 94 valence electrons. The molecule has 0 radical (unpaired) electrons. The molecular formula is C11H14ClNO3S. The van der Waals surface area contributed by atoms with Gasteiger partial charge in [-0.25, -0.2) is 8.42 Å². The lowest BCUT2D eigenvalue weighted by atomic mass is 10.1. The third-order valence-electron chi connectivity index (χ3n) is 2.87. The quantitative estimate of drug-likeness (QED) is 0.887. The van der Waals surface area contributed by atoms with Gasteiger partial charge < -0.3 is 10.1 Å². The van der Waals surface area contributed by atoms with Crippen molar-refractivity contribution in [1.29, 1.82) is 0 Å². The molecule has 1 heterocycles. The fraction of sp³-hybridized carbons (Fsp3) is 0.455. The maximum atomic E-state index is 11.9. The van der Waals surface area contributed by atoms with Crippen LogP contribution in [0.1, 0.15) is 10.8 Å². The molecule has 1 fully saturated rings. The van der Waals surface area contributed by atoms with Crippen molar-refractivity contribution in [3.05, 3.63) is 28.8 Å². The first-order valence-electron chi connectivity index (χ1n) is 5.30. The van der Waals surface area contributed by atoms with Gasteiger partial charge in [-0.15, -0.1) is 0 Å². The van der Waals surface area contributed by atoms with Crippen LogP contribution in [0.25, 0.3) is 0 Å². The Hall–Kier alpha value is -0.780. The summed E-state index contributed by atoms with van der Waals surface area (Å²) in [6, 6.07) is 5.11. The highest BCUT2D eigenvalue weighted by Gasteiger charge is 2.30. The molecule has 1 unspecified atom stereocenters. The number of hydrogen-bond acceptors (Lipinski definition) is 4. The Morgan fingerprint density at radius 1 is 1.47 bits per heavy atom. The van der Waals surface area contributed by atoms with Crippen molar-refractivity contribution in [1.82, 2.24) is 5.32 Å². The summed E-state index contributed by atoms with van der Waals surface area (Å²) < 4.78 is 28.9. The van der Waals surface area contributed by atoms with E-state index in [0.29, 0.717) is 29.4 Å². The van der Waals surface area contributed by atoms with Gasteiger partial charge in [-0.1, -0.05) is 17.7 Å². The first-order valence-corrected chi connectivity index (χ1v) is 7.39. The number of hydrogen-bond donors (Lipinski definition) is 1. The van der Waals surface area contributed by atoms with Crippen LogP contribution in [0.15, 0.2) is 18.2 Å². The minimum Gasteiger partial charge on any atom is -0.495 e. The lowest BCUT2D eigenvalue weighted by Crippen LogP contribution is -2.38. The van der Waals surface area contributed by atoms with Crippen molar-refractivity contribution in [2.24, 2.45) is 0 Å². The van der Waals surface area contributed by atoms with E-state index >= 15 is 0 Å². The van der Waals surface area contributed by atoms with Crippen molar-refractivity contribution >= 4 is 21.4 Å². The summed E-state index contributed by atoms with van der Waals surface area (Å²) >= 11 is 6.00. The SMILES string of the molecule is COc1ccc(C2CNCCS2(=O)=O)cc1Cl. The van der Waals surface area contributed by atoms with Crippen LogP contribution in [0.2, 0.25) is 5.02 Å². The van der Waals surface area contributed by atoms with Crippen molar-refractivity contribution in [3.63, 3.8) is 0 Å². The largest absolute Gasteiger partial charge is 0.495 e. The van der Waals surface area contributed by atoms with Crippen LogP contribution in [0, 0.1) is 0 Å². The van der Waals surface area contributed by atoms with E-state index in [4.69, 9.17) is 16.3 Å². The monoisotopic (exact) mass is 275 g/mol. The molecule has 0 bridgehead atoms. The van der Waals surface area contributed by atoms with E-state index < -0.39 is 15.1 Å². The fourth-order valence-electron chi connectivity index (χ4n) is 1.92. The zero-order valence-electron chi connectivity index (χ0n) is 9.44. The van der Waals surface area contributed by atoms with Gasteiger partial charge in [0.15, 0.2) is 9.84 Å². The molecule has 1 saturated heterocycles. The van der Waals surface area contributed by atoms with Gasteiger partial charge in [-0.05, 0) is 17.7 Å². The van der Waals surface area contributed by atoms with Crippen molar-refractivity contribution < 1.29 is 13.2 Å². The average Bonchev–Trinajstić information content (AvgIpc) is 2.28. The lowest BCUT2D eigenvalue weighted by Gasteiger charge is -2.23. The van der Waals surface area contributed by atoms with Gasteiger partial charge in [0.05, 0.1) is 23.1 Å². The fourth-order valence-corrected chi connectivity index (χ4v) is 3.84. The van der Waals surface area contributed by atoms with E-state index in [9.17, 15) is 8.42 Å². The number of methoxy groups -OCH3 is 1. The highest BCUT2D eigenvalue weighted by molar-refractivity contribution is 7.91. The average molecular weight is 276 g/mol. The summed E-state index contributed by atoms with van der Waals surface area (Å²) in [6.07, 6.45) is 0. The topological polar surface area (TPSA) is 55.4 Å². The minimum atomic E-state index is -3.07. The summed E-state index contributed by atoms with van der Waals surface area (Å²) in [4.78, 5) is 0. The lowest BCUT2D eigenvalue weighted by molar-refractivity contribution is 0.415. The Morgan fingerprint density at radius 2 is 2.24 bits per heavy atom. The predicted octanol–water partition coefficient (Wildman–Crippen LogP) is 1.41. The second kappa shape index (κ2) is 4.84. The van der Waals surface area contributed by atoms with E-state index in [1.54, 1.807) is 18.2 Å². The third kappa shape index (κ3) is 2.56. The molecule has 0 saturated carbocycles. The van der Waals surface area contributed by atoms with Gasteiger partial charge in [0.1, 0.15) is 5.75 Å². The molecule has 2 rings (SSSR count). The van der Waals surface area contributed by atoms with Crippen LogP contribution in [0.5, 0.6) is 5.75 Å². The molecule has 0 aromatic heterocycles. The number of benzene rings is 1. The maximum Gasteiger partial charge on any atom is 0.159 e. The van der Waals surface area contributed by atoms with Crippen molar-refractivity contribution in [2.75, 3.05) is 26.0 Å². The van der Waals surface area contributed by atoms with Crippen LogP contribution >= 0.6 is 11.6 Å². The Morgan fingerprint density at radius 3 is 2.82 bits per heavy atom. The Balaban J connectivity index is 2.36. The number of ether oxygens (including phenoxy) is 1. The second-order valence-corrected chi connectivity index (χ2v) is 6.66. The molecule has 1 N–H and O–H groups in total. The Kier molecular flexibility index (Phi) is 3.61. The predicted molar refractivity (Wildman–Crippen MR) is 67.4 cm³/mol. The molecule has 1 aromatic rings. The molecule has 1 atom stereocenters. The van der Waals surface area contributed by atoms with E-state index in [1.165, 1.54) is 7.11 Å². The first-order chi connectivity index (χ1) is 8.04. The molecule has 17 heavy (non-hydrogen) atoms. The van der Waals surface area contributed by atoms with Gasteiger partial charge in [0.25, 0.3) is 0 Å². The van der Waals surface area contributed by atoms with Gasteiger partial charge in [-0.3, -0.25) is 0 Å². The highest BCUT2D eigenvalue weighted by atomic mass is 35.5. The first kappa shape index (κ1) is 12.7. The molecule has 0 spiro atoms. The van der Waals surface area contributed by atoms with Crippen LogP contribution in [0.3, 0.4) is 0 Å². The van der Waals surface area contributed by atoms with Crippen LogP contribution in [-0.4, -0.2) is 34.4 Å². The normalized spacial score (nSPS) is 23.3. The molecule has 0 aliphatic carbocycles. The molecule has 1 aromatic carbocycles. The van der Waals surface area contributed by atoms with Crippen LogP contribution < -0.4 is 10.1 Å². The number of sulfone groups is 1. The summed E-state index contributed by atoms with van der Waals surface area (Å²) in [6.45, 7) is 0.952. The number of halogens is 1. The zero-order valence-corrected chi connectivity index (χ0v) is 11.0. The molecule has 1 aliphatic heterocycles. The molecular weight excluding hydrogens is 262 g/mol. The summed E-state index contributed by atoms with van der Waals surface area (Å²) in [5, 5.41) is 3.01. The standard InChI is InChI=1S/C11H14ClNO3S/c1-16-10-3-2-8(6-9(10)12)11-7-13-4-5-17(11,14)15/h2-3,6,11,13H,4-5,7H2,1H3. The van der Waals surface area contributed by atoms with Crippen LogP contribution in [-0.2, 0) is 9.84 Å². The summed E-state index contributed by atoms with van der Waals surface area (Å²) in [7, 11) is -1.55. The minimum absolute atomic E-state index is 0.168. The second-order valence-electron chi connectivity index (χ2n) is 3.95. The molecule has 1 aliphatic rings. The van der Waals surface area contributed by atoms with E-state index in [1.807, 2.05) is 0 Å². The Labute approximate surface area is 106 Å². The smallest absolute Gasteiger partial charge is 0.159 e. The number of rotatable bonds is 2. The molecule has 4 nitrogen and oxygen atoms in total. The summed E-state index contributed by atoms with van der Waals surface area (Å²) in [5.74, 6) is 0.720.